The van der Waals surface area contributed by atoms with Crippen LogP contribution in [0.2, 0.25) is 0 Å². The molecule has 2 aliphatic rings. The molecule has 0 spiro atoms. The monoisotopic (exact) mass is 282 g/mol. The number of epoxide rings is 1. The molecule has 1 N–H and O–H groups in total. The summed E-state index contributed by atoms with van der Waals surface area (Å²) in [6, 6.07) is 7.60. The summed E-state index contributed by atoms with van der Waals surface area (Å²) in [5, 5.41) is 9.29. The van der Waals surface area contributed by atoms with E-state index in [1.165, 1.54) is 0 Å². The Morgan fingerprint density at radius 2 is 1.89 bits per heavy atom. The summed E-state index contributed by atoms with van der Waals surface area (Å²) in [5.41, 5.74) is 0.461. The molecule has 4 nitrogen and oxygen atoms in total. The number of hydrogen-bond donors (Lipinski definition) is 1. The van der Waals surface area contributed by atoms with Gasteiger partial charge in [0.25, 0.3) is 0 Å². The van der Waals surface area contributed by atoms with Crippen molar-refractivity contribution in [2.75, 3.05) is 6.61 Å². The van der Waals surface area contributed by atoms with Crippen LogP contribution in [0.15, 0.2) is 29.2 Å². The van der Waals surface area contributed by atoms with Crippen molar-refractivity contribution >= 4 is 10.8 Å². The molecule has 2 saturated heterocycles. The summed E-state index contributed by atoms with van der Waals surface area (Å²) in [7, 11) is -1.31. The molecule has 1 aromatic rings. The Bertz CT molecular complexity index is 525. The van der Waals surface area contributed by atoms with Crippen molar-refractivity contribution in [2.45, 2.75) is 48.4 Å². The van der Waals surface area contributed by atoms with Crippen molar-refractivity contribution in [3.05, 3.63) is 29.8 Å². The lowest BCUT2D eigenvalue weighted by Gasteiger charge is -2.28. The Balaban J connectivity index is 1.95. The van der Waals surface area contributed by atoms with Gasteiger partial charge in [-0.15, -0.1) is 0 Å². The molecule has 0 aliphatic carbocycles. The van der Waals surface area contributed by atoms with Crippen LogP contribution in [0.4, 0.5) is 0 Å². The van der Waals surface area contributed by atoms with Crippen LogP contribution in [0.5, 0.6) is 0 Å². The Hall–Kier alpha value is -0.750. The van der Waals surface area contributed by atoms with Crippen molar-refractivity contribution < 1.29 is 18.8 Å². The maximum atomic E-state index is 12.8. The summed E-state index contributed by atoms with van der Waals surface area (Å²) < 4.78 is 24.3. The predicted molar refractivity (Wildman–Crippen MR) is 71.2 cm³/mol. The van der Waals surface area contributed by atoms with E-state index in [1.54, 1.807) is 0 Å². The minimum atomic E-state index is -1.31. The molecule has 0 unspecified atom stereocenters. The van der Waals surface area contributed by atoms with Gasteiger partial charge in [0.15, 0.2) is 0 Å². The topological polar surface area (TPSA) is 59.1 Å². The highest BCUT2D eigenvalue weighted by molar-refractivity contribution is 7.86. The smallest absolute Gasteiger partial charge is 0.204 e. The molecule has 19 heavy (non-hydrogen) atoms. The maximum Gasteiger partial charge on any atom is 0.204 e. The number of aliphatic hydroxyl groups excluding tert-OH is 1. The molecular formula is C14H18O4S. The summed E-state index contributed by atoms with van der Waals surface area (Å²) in [5.74, 6) is 0. The first-order chi connectivity index (χ1) is 8.92. The van der Waals surface area contributed by atoms with Crippen molar-refractivity contribution in [3.8, 4) is 0 Å². The third kappa shape index (κ3) is 1.72. The highest BCUT2D eigenvalue weighted by Crippen LogP contribution is 2.59. The SMILES string of the molecule is Cc1ccc([S@](=O)[C@@]23O[C@@H]2[C@@H](CO)OC3(C)C)cc1. The van der Waals surface area contributed by atoms with E-state index in [0.717, 1.165) is 10.5 Å². The maximum absolute atomic E-state index is 12.8. The number of ether oxygens (including phenoxy) is 2. The predicted octanol–water partition coefficient (Wildman–Crippen LogP) is 1.37. The van der Waals surface area contributed by atoms with E-state index in [2.05, 4.69) is 0 Å². The minimum Gasteiger partial charge on any atom is -0.394 e. The average molecular weight is 282 g/mol. The fourth-order valence-corrected chi connectivity index (χ4v) is 4.61. The van der Waals surface area contributed by atoms with Gasteiger partial charge in [0.1, 0.15) is 17.8 Å². The molecule has 5 heteroatoms. The second kappa shape index (κ2) is 4.12. The summed E-state index contributed by atoms with van der Waals surface area (Å²) in [6.45, 7) is 5.62. The molecule has 2 heterocycles. The molecule has 0 saturated carbocycles. The molecule has 2 fully saturated rings. The van der Waals surface area contributed by atoms with Gasteiger partial charge in [0, 0.05) is 4.90 Å². The highest BCUT2D eigenvalue weighted by atomic mass is 32.2. The van der Waals surface area contributed by atoms with Gasteiger partial charge in [-0.1, -0.05) is 17.7 Å². The molecule has 3 rings (SSSR count). The van der Waals surface area contributed by atoms with Crippen LogP contribution in [0.25, 0.3) is 0 Å². The van der Waals surface area contributed by atoms with E-state index in [9.17, 15) is 9.32 Å². The summed E-state index contributed by atoms with van der Waals surface area (Å²) in [4.78, 5) is -0.0845. The zero-order chi connectivity index (χ0) is 13.8. The largest absolute Gasteiger partial charge is 0.394 e. The van der Waals surface area contributed by atoms with Crippen LogP contribution in [-0.2, 0) is 20.3 Å². The minimum absolute atomic E-state index is 0.110. The molecule has 104 valence electrons. The lowest BCUT2D eigenvalue weighted by Crippen LogP contribution is -2.42. The van der Waals surface area contributed by atoms with Gasteiger partial charge in [-0.3, -0.25) is 4.21 Å². The van der Waals surface area contributed by atoms with Crippen molar-refractivity contribution in [3.63, 3.8) is 0 Å². The Morgan fingerprint density at radius 1 is 1.26 bits per heavy atom. The number of aryl methyl sites for hydroxylation is 1. The van der Waals surface area contributed by atoms with E-state index in [1.807, 2.05) is 45.0 Å². The van der Waals surface area contributed by atoms with Crippen LogP contribution >= 0.6 is 0 Å². The van der Waals surface area contributed by atoms with Gasteiger partial charge in [-0.2, -0.15) is 0 Å². The van der Waals surface area contributed by atoms with Crippen LogP contribution in [0.1, 0.15) is 19.4 Å². The molecular weight excluding hydrogens is 264 g/mol. The number of hydrogen-bond acceptors (Lipinski definition) is 4. The third-order valence-corrected chi connectivity index (χ3v) is 6.00. The zero-order valence-corrected chi connectivity index (χ0v) is 12.1. The number of aliphatic hydroxyl groups is 1. The van der Waals surface area contributed by atoms with Crippen molar-refractivity contribution in [1.29, 1.82) is 0 Å². The Morgan fingerprint density at radius 3 is 2.37 bits per heavy atom. The number of fused-ring (bicyclic) bond motifs is 1. The molecule has 0 amide bonds. The lowest BCUT2D eigenvalue weighted by atomic mass is 10.0. The van der Waals surface area contributed by atoms with Crippen molar-refractivity contribution in [2.24, 2.45) is 0 Å². The quantitative estimate of drug-likeness (QED) is 0.851. The number of benzene rings is 1. The van der Waals surface area contributed by atoms with Crippen LogP contribution < -0.4 is 0 Å². The van der Waals surface area contributed by atoms with Gasteiger partial charge >= 0.3 is 0 Å². The molecule has 4 atom stereocenters. The third-order valence-electron chi connectivity index (χ3n) is 3.93. The van der Waals surface area contributed by atoms with E-state index >= 15 is 0 Å². The van der Waals surface area contributed by atoms with E-state index in [4.69, 9.17) is 9.47 Å². The van der Waals surface area contributed by atoms with Gasteiger partial charge in [-0.25, -0.2) is 0 Å². The second-order valence-corrected chi connectivity index (χ2v) is 7.25. The second-order valence-electron chi connectivity index (χ2n) is 5.64. The molecule has 0 aromatic heterocycles. The van der Waals surface area contributed by atoms with E-state index < -0.39 is 21.3 Å². The van der Waals surface area contributed by atoms with Gasteiger partial charge in [-0.05, 0) is 32.9 Å². The van der Waals surface area contributed by atoms with E-state index in [-0.39, 0.29) is 18.8 Å². The van der Waals surface area contributed by atoms with Crippen LogP contribution in [-0.4, -0.2) is 38.7 Å². The van der Waals surface area contributed by atoms with E-state index in [0.29, 0.717) is 0 Å². The van der Waals surface area contributed by atoms with Crippen molar-refractivity contribution in [1.82, 2.24) is 0 Å². The first kappa shape index (κ1) is 13.2. The fourth-order valence-electron chi connectivity index (χ4n) is 2.82. The molecule has 2 aliphatic heterocycles. The Kier molecular flexibility index (Phi) is 2.87. The van der Waals surface area contributed by atoms with Gasteiger partial charge in [0.05, 0.1) is 17.4 Å². The first-order valence-electron chi connectivity index (χ1n) is 6.37. The zero-order valence-electron chi connectivity index (χ0n) is 11.3. The number of rotatable bonds is 3. The van der Waals surface area contributed by atoms with Gasteiger partial charge in [0.2, 0.25) is 4.93 Å². The molecule has 0 radical (unpaired) electrons. The molecule has 0 bridgehead atoms. The summed E-state index contributed by atoms with van der Waals surface area (Å²) in [6.07, 6.45) is -0.668. The van der Waals surface area contributed by atoms with Gasteiger partial charge < -0.3 is 14.6 Å². The normalized spacial score (nSPS) is 36.8. The van der Waals surface area contributed by atoms with Crippen LogP contribution in [0, 0.1) is 6.92 Å². The standard InChI is InChI=1S/C14H18O4S/c1-9-4-6-10(7-5-9)19(16)14-12(18-14)11(8-15)17-13(14,2)3/h4-7,11-12,15H,8H2,1-3H3/t11-,12-,14+,19+/m1/s1. The van der Waals surface area contributed by atoms with Crippen LogP contribution in [0.3, 0.4) is 0 Å². The highest BCUT2D eigenvalue weighted by Gasteiger charge is 2.78. The molecule has 1 aromatic carbocycles. The lowest BCUT2D eigenvalue weighted by molar-refractivity contribution is -0.104. The summed E-state index contributed by atoms with van der Waals surface area (Å²) >= 11 is 0. The fraction of sp³-hybridized carbons (Fsp3) is 0.571. The first-order valence-corrected chi connectivity index (χ1v) is 7.52. The Labute approximate surface area is 115 Å². The average Bonchev–Trinajstić information content (AvgIpc) is 3.09.